The SMILES string of the molecule is Cc1ccc(SC2CCCC2)c(CNC(C)(C)C)c1. The van der Waals surface area contributed by atoms with Gasteiger partial charge in [0.2, 0.25) is 0 Å². The van der Waals surface area contributed by atoms with Crippen molar-refractivity contribution in [3.63, 3.8) is 0 Å². The fraction of sp³-hybridized carbons (Fsp3) is 0.647. The number of rotatable bonds is 4. The molecule has 2 rings (SSSR count). The minimum atomic E-state index is 0.180. The monoisotopic (exact) mass is 277 g/mol. The lowest BCUT2D eigenvalue weighted by molar-refractivity contribution is 0.422. The van der Waals surface area contributed by atoms with Crippen molar-refractivity contribution in [2.45, 2.75) is 75.6 Å². The second-order valence-electron chi connectivity index (χ2n) is 6.74. The molecule has 0 spiro atoms. The first kappa shape index (κ1) is 14.9. The third-order valence-corrected chi connectivity index (χ3v) is 5.08. The van der Waals surface area contributed by atoms with Crippen LogP contribution in [0.3, 0.4) is 0 Å². The summed E-state index contributed by atoms with van der Waals surface area (Å²) in [5, 5.41) is 4.46. The highest BCUT2D eigenvalue weighted by atomic mass is 32.2. The van der Waals surface area contributed by atoms with Gasteiger partial charge in [-0.1, -0.05) is 30.5 Å². The molecule has 0 unspecified atom stereocenters. The molecule has 0 bridgehead atoms. The van der Waals surface area contributed by atoms with Gasteiger partial charge in [0.15, 0.2) is 0 Å². The van der Waals surface area contributed by atoms with Crippen molar-refractivity contribution >= 4 is 11.8 Å². The molecule has 0 atom stereocenters. The van der Waals surface area contributed by atoms with E-state index in [4.69, 9.17) is 0 Å². The van der Waals surface area contributed by atoms with Crippen LogP contribution in [0.5, 0.6) is 0 Å². The van der Waals surface area contributed by atoms with Gasteiger partial charge in [-0.2, -0.15) is 0 Å². The van der Waals surface area contributed by atoms with Crippen molar-refractivity contribution in [1.82, 2.24) is 5.32 Å². The van der Waals surface area contributed by atoms with E-state index in [-0.39, 0.29) is 5.54 Å². The van der Waals surface area contributed by atoms with Crippen molar-refractivity contribution < 1.29 is 0 Å². The topological polar surface area (TPSA) is 12.0 Å². The van der Waals surface area contributed by atoms with Crippen molar-refractivity contribution in [1.29, 1.82) is 0 Å². The molecule has 1 saturated carbocycles. The highest BCUT2D eigenvalue weighted by Crippen LogP contribution is 2.36. The lowest BCUT2D eigenvalue weighted by Crippen LogP contribution is -2.35. The molecule has 1 aromatic carbocycles. The largest absolute Gasteiger partial charge is 0.308 e. The molecular weight excluding hydrogens is 250 g/mol. The number of aryl methyl sites for hydroxylation is 1. The number of nitrogens with one attached hydrogen (secondary N) is 1. The molecular formula is C17H27NS. The van der Waals surface area contributed by atoms with Gasteiger partial charge in [-0.15, -0.1) is 11.8 Å². The fourth-order valence-electron chi connectivity index (χ4n) is 2.51. The van der Waals surface area contributed by atoms with E-state index in [1.807, 2.05) is 0 Å². The first-order chi connectivity index (χ1) is 8.94. The Balaban J connectivity index is 2.08. The van der Waals surface area contributed by atoms with Crippen LogP contribution >= 0.6 is 11.8 Å². The molecule has 2 heteroatoms. The maximum absolute atomic E-state index is 3.62. The lowest BCUT2D eigenvalue weighted by atomic mass is 10.1. The van der Waals surface area contributed by atoms with Crippen molar-refractivity contribution in [3.05, 3.63) is 29.3 Å². The average Bonchev–Trinajstić information content (AvgIpc) is 2.81. The average molecular weight is 277 g/mol. The number of thioether (sulfide) groups is 1. The second kappa shape index (κ2) is 6.32. The maximum Gasteiger partial charge on any atom is 0.0221 e. The Labute approximate surface area is 122 Å². The molecule has 1 aliphatic rings. The minimum Gasteiger partial charge on any atom is -0.308 e. The first-order valence-electron chi connectivity index (χ1n) is 7.45. The molecule has 0 heterocycles. The minimum absolute atomic E-state index is 0.180. The Morgan fingerprint density at radius 3 is 2.53 bits per heavy atom. The van der Waals surface area contributed by atoms with Gasteiger partial charge in [0, 0.05) is 22.2 Å². The molecule has 1 aromatic rings. The number of hydrogen-bond donors (Lipinski definition) is 1. The predicted octanol–water partition coefficient (Wildman–Crippen LogP) is 4.92. The summed E-state index contributed by atoms with van der Waals surface area (Å²) in [6.45, 7) is 9.84. The van der Waals surface area contributed by atoms with Crippen LogP contribution in [-0.4, -0.2) is 10.8 Å². The van der Waals surface area contributed by atoms with Crippen LogP contribution < -0.4 is 5.32 Å². The smallest absolute Gasteiger partial charge is 0.0221 e. The Morgan fingerprint density at radius 2 is 1.89 bits per heavy atom. The van der Waals surface area contributed by atoms with E-state index in [1.54, 1.807) is 0 Å². The van der Waals surface area contributed by atoms with Crippen LogP contribution in [0.25, 0.3) is 0 Å². The van der Waals surface area contributed by atoms with Crippen molar-refractivity contribution in [3.8, 4) is 0 Å². The zero-order chi connectivity index (χ0) is 13.9. The number of benzene rings is 1. The Bertz CT molecular complexity index is 414. The summed E-state index contributed by atoms with van der Waals surface area (Å²) >= 11 is 2.10. The maximum atomic E-state index is 3.62. The normalized spacial score (nSPS) is 17.1. The van der Waals surface area contributed by atoms with E-state index in [9.17, 15) is 0 Å². The highest BCUT2D eigenvalue weighted by molar-refractivity contribution is 8.00. The van der Waals surface area contributed by atoms with Gasteiger partial charge in [-0.3, -0.25) is 0 Å². The number of hydrogen-bond acceptors (Lipinski definition) is 2. The third-order valence-electron chi connectivity index (χ3n) is 3.62. The van der Waals surface area contributed by atoms with E-state index in [0.717, 1.165) is 11.8 Å². The molecule has 0 aromatic heterocycles. The summed E-state index contributed by atoms with van der Waals surface area (Å²) < 4.78 is 0. The van der Waals surface area contributed by atoms with Gasteiger partial charge >= 0.3 is 0 Å². The lowest BCUT2D eigenvalue weighted by Gasteiger charge is -2.22. The Kier molecular flexibility index (Phi) is 4.97. The standard InChI is InChI=1S/C17H27NS/c1-13-9-10-16(19-15-7-5-6-8-15)14(11-13)12-18-17(2,3)4/h9-11,15,18H,5-8,12H2,1-4H3. The van der Waals surface area contributed by atoms with Crippen LogP contribution in [-0.2, 0) is 6.54 Å². The van der Waals surface area contributed by atoms with Gasteiger partial charge in [-0.05, 0) is 52.2 Å². The molecule has 106 valence electrons. The summed E-state index contributed by atoms with van der Waals surface area (Å²) in [7, 11) is 0. The molecule has 1 nitrogen and oxygen atoms in total. The zero-order valence-corrected chi connectivity index (χ0v) is 13.6. The third kappa shape index (κ3) is 4.85. The molecule has 0 radical (unpaired) electrons. The van der Waals surface area contributed by atoms with Crippen LogP contribution in [0.15, 0.2) is 23.1 Å². The summed E-state index contributed by atoms with van der Waals surface area (Å²) in [4.78, 5) is 1.48. The van der Waals surface area contributed by atoms with E-state index >= 15 is 0 Å². The second-order valence-corrected chi connectivity index (χ2v) is 8.08. The van der Waals surface area contributed by atoms with Gasteiger partial charge in [0.05, 0.1) is 0 Å². The summed E-state index contributed by atoms with van der Waals surface area (Å²) in [5.41, 5.74) is 3.01. The highest BCUT2D eigenvalue weighted by Gasteiger charge is 2.18. The molecule has 1 N–H and O–H groups in total. The van der Waals surface area contributed by atoms with Crippen LogP contribution in [0.2, 0.25) is 0 Å². The van der Waals surface area contributed by atoms with E-state index in [2.05, 4.69) is 63.0 Å². The molecule has 19 heavy (non-hydrogen) atoms. The van der Waals surface area contributed by atoms with Crippen molar-refractivity contribution in [2.24, 2.45) is 0 Å². The van der Waals surface area contributed by atoms with E-state index in [1.165, 1.54) is 41.7 Å². The van der Waals surface area contributed by atoms with E-state index < -0.39 is 0 Å². The van der Waals surface area contributed by atoms with Crippen LogP contribution in [0.4, 0.5) is 0 Å². The van der Waals surface area contributed by atoms with Crippen LogP contribution in [0.1, 0.15) is 57.6 Å². The molecule has 1 aliphatic carbocycles. The van der Waals surface area contributed by atoms with Gasteiger partial charge < -0.3 is 5.32 Å². The molecule has 0 amide bonds. The summed E-state index contributed by atoms with van der Waals surface area (Å²) in [6.07, 6.45) is 5.62. The predicted molar refractivity (Wildman–Crippen MR) is 85.9 cm³/mol. The quantitative estimate of drug-likeness (QED) is 0.838. The van der Waals surface area contributed by atoms with E-state index in [0.29, 0.717) is 0 Å². The Hall–Kier alpha value is -0.470. The van der Waals surface area contributed by atoms with Gasteiger partial charge in [-0.25, -0.2) is 0 Å². The first-order valence-corrected chi connectivity index (χ1v) is 8.33. The van der Waals surface area contributed by atoms with Crippen molar-refractivity contribution in [2.75, 3.05) is 0 Å². The summed E-state index contributed by atoms with van der Waals surface area (Å²) in [6, 6.07) is 6.91. The van der Waals surface area contributed by atoms with Gasteiger partial charge in [0.1, 0.15) is 0 Å². The summed E-state index contributed by atoms with van der Waals surface area (Å²) in [5.74, 6) is 0. The molecule has 0 saturated heterocycles. The van der Waals surface area contributed by atoms with Gasteiger partial charge in [0.25, 0.3) is 0 Å². The molecule has 0 aliphatic heterocycles. The Morgan fingerprint density at radius 1 is 1.21 bits per heavy atom. The fourth-order valence-corrected chi connectivity index (χ4v) is 3.86. The zero-order valence-electron chi connectivity index (χ0n) is 12.8. The molecule has 1 fully saturated rings. The van der Waals surface area contributed by atoms with Crippen LogP contribution in [0, 0.1) is 6.92 Å².